The summed E-state index contributed by atoms with van der Waals surface area (Å²) in [5, 5.41) is 7.19. The van der Waals surface area contributed by atoms with E-state index >= 15 is 0 Å². The largest absolute Gasteiger partial charge is 0.361 e. The molecule has 2 aromatic rings. The topological polar surface area (TPSA) is 56.9 Å². The lowest BCUT2D eigenvalue weighted by Gasteiger charge is -2.06. The number of fused-ring (bicyclic) bond motifs is 1. The fraction of sp³-hybridized carbons (Fsp3) is 0.357. The molecule has 0 spiro atoms. The van der Waals surface area contributed by atoms with Gasteiger partial charge in [0.05, 0.1) is 6.54 Å². The van der Waals surface area contributed by atoms with Gasteiger partial charge in [0.2, 0.25) is 5.91 Å². The van der Waals surface area contributed by atoms with Crippen LogP contribution in [0, 0.1) is 0 Å². The second-order valence-electron chi connectivity index (χ2n) is 4.35. The van der Waals surface area contributed by atoms with Crippen molar-refractivity contribution in [3.63, 3.8) is 0 Å². The molecule has 1 amide bonds. The van der Waals surface area contributed by atoms with E-state index in [0.717, 1.165) is 18.5 Å². The Morgan fingerprint density at radius 3 is 3.06 bits per heavy atom. The molecular formula is C14H19N3O. The van der Waals surface area contributed by atoms with Crippen molar-refractivity contribution < 1.29 is 4.79 Å². The number of amides is 1. The Morgan fingerprint density at radius 2 is 2.22 bits per heavy atom. The number of H-pyrrole nitrogens is 1. The molecule has 0 aliphatic carbocycles. The maximum absolute atomic E-state index is 11.4. The maximum Gasteiger partial charge on any atom is 0.233 e. The quantitative estimate of drug-likeness (QED) is 0.726. The molecule has 0 aliphatic heterocycles. The lowest BCUT2D eigenvalue weighted by molar-refractivity contribution is -0.120. The summed E-state index contributed by atoms with van der Waals surface area (Å²) in [6, 6.07) is 8.31. The van der Waals surface area contributed by atoms with E-state index in [1.807, 2.05) is 19.2 Å². The summed E-state index contributed by atoms with van der Waals surface area (Å²) >= 11 is 0. The monoisotopic (exact) mass is 245 g/mol. The Hall–Kier alpha value is -1.81. The van der Waals surface area contributed by atoms with Gasteiger partial charge in [-0.15, -0.1) is 0 Å². The maximum atomic E-state index is 11.4. The third-order valence-electron chi connectivity index (χ3n) is 2.81. The molecule has 1 aromatic carbocycles. The van der Waals surface area contributed by atoms with E-state index in [4.69, 9.17) is 0 Å². The first-order valence-electron chi connectivity index (χ1n) is 6.33. The Labute approximate surface area is 107 Å². The van der Waals surface area contributed by atoms with E-state index in [2.05, 4.69) is 33.8 Å². The molecule has 4 nitrogen and oxygen atoms in total. The molecule has 18 heavy (non-hydrogen) atoms. The van der Waals surface area contributed by atoms with Crippen molar-refractivity contribution in [2.75, 3.05) is 13.1 Å². The van der Waals surface area contributed by atoms with Crippen molar-refractivity contribution in [2.45, 2.75) is 19.9 Å². The smallest absolute Gasteiger partial charge is 0.233 e. The molecule has 0 unspecified atom stereocenters. The molecule has 0 atom stereocenters. The van der Waals surface area contributed by atoms with Crippen LogP contribution in [0.15, 0.2) is 30.5 Å². The number of benzene rings is 1. The van der Waals surface area contributed by atoms with E-state index in [9.17, 15) is 4.79 Å². The minimum atomic E-state index is 0.0535. The third kappa shape index (κ3) is 3.34. The highest BCUT2D eigenvalue weighted by atomic mass is 16.1. The number of rotatable bonds is 6. The fourth-order valence-corrected chi connectivity index (χ4v) is 1.85. The first-order chi connectivity index (χ1) is 8.79. The van der Waals surface area contributed by atoms with Crippen LogP contribution in [0.1, 0.15) is 18.9 Å². The van der Waals surface area contributed by atoms with Crippen LogP contribution in [0.3, 0.4) is 0 Å². The molecule has 0 radical (unpaired) electrons. The Balaban J connectivity index is 1.81. The Morgan fingerprint density at radius 1 is 1.33 bits per heavy atom. The summed E-state index contributed by atoms with van der Waals surface area (Å²) in [4.78, 5) is 14.6. The molecule has 0 saturated heterocycles. The van der Waals surface area contributed by atoms with Crippen LogP contribution in [-0.4, -0.2) is 24.0 Å². The van der Waals surface area contributed by atoms with Gasteiger partial charge in [-0.3, -0.25) is 4.79 Å². The molecule has 2 rings (SSSR count). The summed E-state index contributed by atoms with van der Waals surface area (Å²) in [6.45, 7) is 3.85. The zero-order valence-electron chi connectivity index (χ0n) is 10.6. The molecule has 0 saturated carbocycles. The van der Waals surface area contributed by atoms with Gasteiger partial charge < -0.3 is 15.6 Å². The zero-order valence-corrected chi connectivity index (χ0v) is 10.6. The second kappa shape index (κ2) is 6.21. The number of nitrogens with one attached hydrogen (secondary N) is 3. The van der Waals surface area contributed by atoms with E-state index in [1.165, 1.54) is 10.9 Å². The van der Waals surface area contributed by atoms with Crippen LogP contribution in [0.25, 0.3) is 10.9 Å². The molecule has 4 heteroatoms. The molecule has 1 heterocycles. The van der Waals surface area contributed by atoms with Gasteiger partial charge in [0.1, 0.15) is 0 Å². The highest BCUT2D eigenvalue weighted by molar-refractivity contribution is 5.80. The van der Waals surface area contributed by atoms with Crippen LogP contribution >= 0.6 is 0 Å². The van der Waals surface area contributed by atoms with Crippen molar-refractivity contribution in [2.24, 2.45) is 0 Å². The van der Waals surface area contributed by atoms with Gasteiger partial charge >= 0.3 is 0 Å². The van der Waals surface area contributed by atoms with Gasteiger partial charge in [0.15, 0.2) is 0 Å². The number of aromatic nitrogens is 1. The first kappa shape index (κ1) is 12.6. The zero-order chi connectivity index (χ0) is 12.8. The fourth-order valence-electron chi connectivity index (χ4n) is 1.85. The van der Waals surface area contributed by atoms with Gasteiger partial charge in [0.25, 0.3) is 0 Å². The predicted octanol–water partition coefficient (Wildman–Crippen LogP) is 1.78. The highest BCUT2D eigenvalue weighted by Gasteiger charge is 2.00. The average Bonchev–Trinajstić information content (AvgIpc) is 2.83. The lowest BCUT2D eigenvalue weighted by atomic mass is 10.1. The second-order valence-corrected chi connectivity index (χ2v) is 4.35. The van der Waals surface area contributed by atoms with Gasteiger partial charge in [-0.25, -0.2) is 0 Å². The van der Waals surface area contributed by atoms with Crippen molar-refractivity contribution >= 4 is 16.8 Å². The summed E-state index contributed by atoms with van der Waals surface area (Å²) in [5.74, 6) is 0.0535. The van der Waals surface area contributed by atoms with Crippen LogP contribution in [0.4, 0.5) is 0 Å². The van der Waals surface area contributed by atoms with E-state index < -0.39 is 0 Å². The molecule has 0 fully saturated rings. The summed E-state index contributed by atoms with van der Waals surface area (Å²) in [6.07, 6.45) is 2.90. The SMILES string of the molecule is CCCNC(=O)CNCc1ccc2cc[nH]c2c1. The molecular weight excluding hydrogens is 226 g/mol. The van der Waals surface area contributed by atoms with Crippen LogP contribution < -0.4 is 10.6 Å². The van der Waals surface area contributed by atoms with E-state index in [1.54, 1.807) is 0 Å². The molecule has 1 aromatic heterocycles. The van der Waals surface area contributed by atoms with Gasteiger partial charge in [0, 0.05) is 24.8 Å². The van der Waals surface area contributed by atoms with E-state index in [0.29, 0.717) is 13.1 Å². The third-order valence-corrected chi connectivity index (χ3v) is 2.81. The average molecular weight is 245 g/mol. The predicted molar refractivity (Wildman–Crippen MR) is 73.3 cm³/mol. The first-order valence-corrected chi connectivity index (χ1v) is 6.33. The van der Waals surface area contributed by atoms with Crippen molar-refractivity contribution in [1.29, 1.82) is 0 Å². The number of aromatic amines is 1. The number of carbonyl (C=O) groups excluding carboxylic acids is 1. The Bertz CT molecular complexity index is 518. The molecule has 96 valence electrons. The number of hydrogen-bond donors (Lipinski definition) is 3. The van der Waals surface area contributed by atoms with Crippen LogP contribution in [0.5, 0.6) is 0 Å². The minimum Gasteiger partial charge on any atom is -0.361 e. The van der Waals surface area contributed by atoms with Crippen molar-refractivity contribution in [3.05, 3.63) is 36.0 Å². The number of carbonyl (C=O) groups is 1. The van der Waals surface area contributed by atoms with Gasteiger partial charge in [-0.1, -0.05) is 19.1 Å². The Kier molecular flexibility index (Phi) is 4.36. The summed E-state index contributed by atoms with van der Waals surface area (Å²) in [5.41, 5.74) is 2.30. The summed E-state index contributed by atoms with van der Waals surface area (Å²) < 4.78 is 0. The van der Waals surface area contributed by atoms with Crippen LogP contribution in [0.2, 0.25) is 0 Å². The van der Waals surface area contributed by atoms with Crippen molar-refractivity contribution in [1.82, 2.24) is 15.6 Å². The van der Waals surface area contributed by atoms with Gasteiger partial charge in [-0.05, 0) is 29.5 Å². The normalized spacial score (nSPS) is 10.7. The van der Waals surface area contributed by atoms with Crippen LogP contribution in [-0.2, 0) is 11.3 Å². The lowest BCUT2D eigenvalue weighted by Crippen LogP contribution is -2.33. The standard InChI is InChI=1S/C14H19N3O/c1-2-6-17-14(18)10-15-9-11-3-4-12-5-7-16-13(12)8-11/h3-5,7-8,15-16H,2,6,9-10H2,1H3,(H,17,18). The molecule has 3 N–H and O–H groups in total. The highest BCUT2D eigenvalue weighted by Crippen LogP contribution is 2.13. The van der Waals surface area contributed by atoms with E-state index in [-0.39, 0.29) is 5.91 Å². The minimum absolute atomic E-state index is 0.0535. The van der Waals surface area contributed by atoms with Gasteiger partial charge in [-0.2, -0.15) is 0 Å². The number of hydrogen-bond acceptors (Lipinski definition) is 2. The summed E-state index contributed by atoms with van der Waals surface area (Å²) in [7, 11) is 0. The molecule has 0 aliphatic rings. The van der Waals surface area contributed by atoms with Crippen molar-refractivity contribution in [3.8, 4) is 0 Å². The molecule has 0 bridgehead atoms.